The molecular weight excluding hydrogens is 326 g/mol. The highest BCUT2D eigenvalue weighted by Gasteiger charge is 2.06. The molecule has 0 N–H and O–H groups in total. The molecule has 0 amide bonds. The quantitative estimate of drug-likeness (QED) is 0.139. The maximum Gasteiger partial charge on any atom is 0.246 e. The highest BCUT2D eigenvalue weighted by atomic mass is 16.6. The Bertz CT molecular complexity index is 513. The maximum atomic E-state index is 11.0. The number of unbranched alkanes of at least 4 members (excludes halogenated alkanes) is 4. The molecule has 0 saturated heterocycles. The zero-order chi connectivity index (χ0) is 19.3. The summed E-state index contributed by atoms with van der Waals surface area (Å²) in [4.78, 5) is 20.8. The lowest BCUT2D eigenvalue weighted by Gasteiger charge is -1.96. The van der Waals surface area contributed by atoms with Gasteiger partial charge in [0, 0.05) is 6.42 Å². The van der Waals surface area contributed by atoms with E-state index in [1.54, 1.807) is 6.08 Å². The topological polar surface area (TPSA) is 60.2 Å². The van der Waals surface area contributed by atoms with E-state index in [9.17, 15) is 14.9 Å². The summed E-state index contributed by atoms with van der Waals surface area (Å²) < 4.78 is 0. The van der Waals surface area contributed by atoms with Crippen molar-refractivity contribution in [3.8, 4) is 0 Å². The fraction of sp³-hybridized carbons (Fsp3) is 0.500. The SMILES string of the molecule is CC/C=C\C/C=C\C/C=C\C/C=C\C/C(=C\CCCCC[C]=O)[N+](=O)[O-]. The van der Waals surface area contributed by atoms with Gasteiger partial charge in [-0.25, -0.2) is 0 Å². The van der Waals surface area contributed by atoms with E-state index in [1.807, 2.05) is 18.4 Å². The van der Waals surface area contributed by atoms with Gasteiger partial charge in [-0.1, -0.05) is 62.0 Å². The predicted molar refractivity (Wildman–Crippen MR) is 109 cm³/mol. The van der Waals surface area contributed by atoms with Crippen molar-refractivity contribution in [2.24, 2.45) is 0 Å². The summed E-state index contributed by atoms with van der Waals surface area (Å²) in [7, 11) is 0. The van der Waals surface area contributed by atoms with Crippen LogP contribution in [-0.2, 0) is 4.79 Å². The molecule has 0 rings (SSSR count). The monoisotopic (exact) mass is 358 g/mol. The molecule has 1 radical (unpaired) electrons. The van der Waals surface area contributed by atoms with Crippen molar-refractivity contribution < 1.29 is 9.72 Å². The first-order valence-corrected chi connectivity index (χ1v) is 9.50. The molecule has 0 heterocycles. The Balaban J connectivity index is 3.95. The van der Waals surface area contributed by atoms with Gasteiger partial charge in [-0.2, -0.15) is 0 Å². The Morgan fingerprint density at radius 2 is 1.46 bits per heavy atom. The maximum absolute atomic E-state index is 11.0. The molecule has 0 aromatic heterocycles. The standard InChI is InChI=1S/C22H32NO3/c1-2-3-4-5-6-7-8-9-10-11-13-16-19-22(23(25)26)20-17-14-12-15-18-21-24/h3-4,6-7,9-10,13,16,20H,2,5,8,11-12,14-15,17-19H2,1H3/b4-3-,7-6-,10-9-,16-13-,22-20+. The highest BCUT2D eigenvalue weighted by Crippen LogP contribution is 2.09. The molecule has 26 heavy (non-hydrogen) atoms. The normalized spacial score (nSPS) is 12.9. The number of rotatable bonds is 16. The number of hydrogen-bond acceptors (Lipinski definition) is 3. The number of allylic oxidation sites excluding steroid dienone is 9. The van der Waals surface area contributed by atoms with Crippen molar-refractivity contribution in [2.45, 2.75) is 71.1 Å². The van der Waals surface area contributed by atoms with Crippen LogP contribution >= 0.6 is 0 Å². The van der Waals surface area contributed by atoms with E-state index in [4.69, 9.17) is 0 Å². The molecule has 143 valence electrons. The molecule has 4 nitrogen and oxygen atoms in total. The van der Waals surface area contributed by atoms with Gasteiger partial charge >= 0.3 is 0 Å². The second kappa shape index (κ2) is 19.1. The lowest BCUT2D eigenvalue weighted by atomic mass is 10.1. The molecule has 0 unspecified atom stereocenters. The van der Waals surface area contributed by atoms with E-state index >= 15 is 0 Å². The van der Waals surface area contributed by atoms with E-state index in [1.165, 1.54) is 0 Å². The number of carbonyl (C=O) groups excluding carboxylic acids is 1. The van der Waals surface area contributed by atoms with Crippen LogP contribution in [0.5, 0.6) is 0 Å². The molecule has 0 aliphatic heterocycles. The summed E-state index contributed by atoms with van der Waals surface area (Å²) in [6, 6.07) is 0. The van der Waals surface area contributed by atoms with Gasteiger partial charge in [-0.05, 0) is 51.0 Å². The zero-order valence-electron chi connectivity index (χ0n) is 15.9. The second-order valence-corrected chi connectivity index (χ2v) is 5.90. The molecule has 0 fully saturated rings. The number of hydrogen-bond donors (Lipinski definition) is 0. The van der Waals surface area contributed by atoms with E-state index in [0.29, 0.717) is 19.3 Å². The van der Waals surface area contributed by atoms with E-state index in [2.05, 4.69) is 43.4 Å². The molecule has 0 aliphatic rings. The fourth-order valence-corrected chi connectivity index (χ4v) is 2.20. The van der Waals surface area contributed by atoms with Gasteiger partial charge in [0.25, 0.3) is 0 Å². The van der Waals surface area contributed by atoms with Crippen LogP contribution < -0.4 is 0 Å². The van der Waals surface area contributed by atoms with Crippen LogP contribution in [0.15, 0.2) is 60.4 Å². The van der Waals surface area contributed by atoms with E-state index in [0.717, 1.165) is 44.9 Å². The smallest absolute Gasteiger partial charge is 0.246 e. The average molecular weight is 359 g/mol. The van der Waals surface area contributed by atoms with Gasteiger partial charge < -0.3 is 0 Å². The van der Waals surface area contributed by atoms with Crippen molar-refractivity contribution in [1.29, 1.82) is 0 Å². The molecule has 0 aromatic carbocycles. The minimum Gasteiger partial charge on any atom is -0.291 e. The summed E-state index contributed by atoms with van der Waals surface area (Å²) in [5.41, 5.74) is 0.246. The van der Waals surface area contributed by atoms with Crippen molar-refractivity contribution >= 4 is 6.29 Å². The Kier molecular flexibility index (Phi) is 17.5. The molecule has 0 bridgehead atoms. The molecule has 4 heteroatoms. The molecule has 0 aromatic rings. The van der Waals surface area contributed by atoms with Crippen LogP contribution in [0.4, 0.5) is 0 Å². The first kappa shape index (κ1) is 23.8. The molecule has 0 aliphatic carbocycles. The Morgan fingerprint density at radius 1 is 0.885 bits per heavy atom. The van der Waals surface area contributed by atoms with Crippen LogP contribution in [0.2, 0.25) is 0 Å². The molecule has 0 saturated carbocycles. The second-order valence-electron chi connectivity index (χ2n) is 5.90. The average Bonchev–Trinajstić information content (AvgIpc) is 2.63. The lowest BCUT2D eigenvalue weighted by molar-refractivity contribution is -0.427. The zero-order valence-corrected chi connectivity index (χ0v) is 15.9. The minimum absolute atomic E-state index is 0.246. The van der Waals surface area contributed by atoms with E-state index < -0.39 is 0 Å². The van der Waals surface area contributed by atoms with Crippen molar-refractivity contribution in [2.75, 3.05) is 0 Å². The van der Waals surface area contributed by atoms with Gasteiger partial charge in [0.1, 0.15) is 0 Å². The van der Waals surface area contributed by atoms with Crippen LogP contribution in [-0.4, -0.2) is 11.2 Å². The molecule has 0 spiro atoms. The third-order valence-electron chi connectivity index (χ3n) is 3.64. The van der Waals surface area contributed by atoms with E-state index in [-0.39, 0.29) is 10.6 Å². The Hall–Kier alpha value is -2.23. The fourth-order valence-electron chi connectivity index (χ4n) is 2.20. The Labute approximate surface area is 158 Å². The minimum atomic E-state index is -0.308. The van der Waals surface area contributed by atoms with Gasteiger partial charge in [0.2, 0.25) is 5.70 Å². The van der Waals surface area contributed by atoms with Crippen LogP contribution in [0, 0.1) is 10.1 Å². The Morgan fingerprint density at radius 3 is 2.00 bits per heavy atom. The molecular formula is C22H32NO3. The first-order valence-electron chi connectivity index (χ1n) is 9.50. The summed E-state index contributed by atoms with van der Waals surface area (Å²) in [6.07, 6.45) is 28.0. The molecule has 0 atom stereocenters. The van der Waals surface area contributed by atoms with Crippen LogP contribution in [0.1, 0.15) is 71.1 Å². The van der Waals surface area contributed by atoms with Gasteiger partial charge in [0.15, 0.2) is 6.29 Å². The highest BCUT2D eigenvalue weighted by molar-refractivity contribution is 5.50. The third-order valence-corrected chi connectivity index (χ3v) is 3.64. The lowest BCUT2D eigenvalue weighted by Crippen LogP contribution is -1.97. The predicted octanol–water partition coefficient (Wildman–Crippen LogP) is 6.40. The number of nitro groups is 1. The summed E-state index contributed by atoms with van der Waals surface area (Å²) in [5, 5.41) is 11.0. The van der Waals surface area contributed by atoms with Crippen LogP contribution in [0.3, 0.4) is 0 Å². The van der Waals surface area contributed by atoms with Crippen molar-refractivity contribution in [3.05, 3.63) is 70.5 Å². The summed E-state index contributed by atoms with van der Waals surface area (Å²) in [6.45, 7) is 2.12. The van der Waals surface area contributed by atoms with Gasteiger partial charge in [-0.3, -0.25) is 14.9 Å². The van der Waals surface area contributed by atoms with Crippen molar-refractivity contribution in [1.82, 2.24) is 0 Å². The summed E-state index contributed by atoms with van der Waals surface area (Å²) >= 11 is 0. The van der Waals surface area contributed by atoms with Gasteiger partial charge in [0.05, 0.1) is 11.3 Å². The number of nitrogens with zero attached hydrogens (tertiary/aromatic N) is 1. The van der Waals surface area contributed by atoms with Gasteiger partial charge in [-0.15, -0.1) is 0 Å². The van der Waals surface area contributed by atoms with Crippen molar-refractivity contribution in [3.63, 3.8) is 0 Å². The third kappa shape index (κ3) is 16.6. The largest absolute Gasteiger partial charge is 0.291 e. The van der Waals surface area contributed by atoms with Crippen LogP contribution in [0.25, 0.3) is 0 Å². The summed E-state index contributed by atoms with van der Waals surface area (Å²) in [5.74, 6) is 0. The first-order chi connectivity index (χ1) is 12.7.